The highest BCUT2D eigenvalue weighted by atomic mass is 16.5. The second-order valence-corrected chi connectivity index (χ2v) is 4.00. The van der Waals surface area contributed by atoms with E-state index in [-0.39, 0.29) is 5.97 Å². The number of unbranched alkanes of at least 4 members (excludes halogenated alkanes) is 1. The summed E-state index contributed by atoms with van der Waals surface area (Å²) in [4.78, 5) is 11.0. The fourth-order valence-electron chi connectivity index (χ4n) is 1.60. The van der Waals surface area contributed by atoms with Crippen LogP contribution in [0.2, 0.25) is 0 Å². The number of benzene rings is 1. The number of hydrogen-bond donors (Lipinski definition) is 0. The molecule has 0 radical (unpaired) electrons. The Bertz CT molecular complexity index is 314. The molecular weight excluding hydrogens is 200 g/mol. The predicted molar refractivity (Wildman–Crippen MR) is 65.4 cm³/mol. The second-order valence-electron chi connectivity index (χ2n) is 4.00. The molecule has 0 saturated carbocycles. The Morgan fingerprint density at radius 3 is 2.19 bits per heavy atom. The highest BCUT2D eigenvalue weighted by Crippen LogP contribution is 2.09. The van der Waals surface area contributed by atoms with Gasteiger partial charge in [-0.15, -0.1) is 0 Å². The van der Waals surface area contributed by atoms with Gasteiger partial charge < -0.3 is 4.74 Å². The number of esters is 1. The lowest BCUT2D eigenvalue weighted by Crippen LogP contribution is -2.01. The molecule has 88 valence electrons. The van der Waals surface area contributed by atoms with Gasteiger partial charge in [0.2, 0.25) is 0 Å². The number of carbonyl (C=O) groups excluding carboxylic acids is 1. The molecule has 0 spiro atoms. The van der Waals surface area contributed by atoms with Crippen LogP contribution < -0.4 is 0 Å². The Morgan fingerprint density at radius 2 is 1.69 bits per heavy atom. The summed E-state index contributed by atoms with van der Waals surface area (Å²) in [7, 11) is 1.43. The van der Waals surface area contributed by atoms with Crippen molar-refractivity contribution in [2.45, 2.75) is 39.0 Å². The number of methoxy groups -OCH3 is 1. The van der Waals surface area contributed by atoms with Crippen LogP contribution in [0.5, 0.6) is 0 Å². The first kappa shape index (κ1) is 12.8. The monoisotopic (exact) mass is 220 g/mol. The maximum absolute atomic E-state index is 11.0. The minimum absolute atomic E-state index is 0.143. The van der Waals surface area contributed by atoms with Crippen LogP contribution in [0.1, 0.15) is 37.3 Å². The van der Waals surface area contributed by atoms with Gasteiger partial charge >= 0.3 is 5.97 Å². The fourth-order valence-corrected chi connectivity index (χ4v) is 1.60. The summed E-state index contributed by atoms with van der Waals surface area (Å²) in [6.07, 6.45) is 4.84. The molecule has 1 aromatic carbocycles. The van der Waals surface area contributed by atoms with Gasteiger partial charge in [-0.3, -0.25) is 4.79 Å². The van der Waals surface area contributed by atoms with Gasteiger partial charge in [-0.2, -0.15) is 0 Å². The van der Waals surface area contributed by atoms with Crippen LogP contribution >= 0.6 is 0 Å². The summed E-state index contributed by atoms with van der Waals surface area (Å²) < 4.78 is 4.61. The maximum Gasteiger partial charge on any atom is 0.305 e. The molecule has 2 heteroatoms. The molecule has 0 unspecified atom stereocenters. The molecule has 0 amide bonds. The maximum atomic E-state index is 11.0. The molecular formula is C14H20O2. The van der Waals surface area contributed by atoms with Crippen LogP contribution in [0.25, 0.3) is 0 Å². The van der Waals surface area contributed by atoms with Gasteiger partial charge in [0.25, 0.3) is 0 Å². The largest absolute Gasteiger partial charge is 0.469 e. The van der Waals surface area contributed by atoms with Crippen molar-refractivity contribution in [2.24, 2.45) is 0 Å². The third-order valence-corrected chi connectivity index (χ3v) is 2.69. The van der Waals surface area contributed by atoms with E-state index in [0.717, 1.165) is 12.8 Å². The van der Waals surface area contributed by atoms with Crippen LogP contribution in [-0.4, -0.2) is 13.1 Å². The van der Waals surface area contributed by atoms with Gasteiger partial charge in [-0.25, -0.2) is 0 Å². The minimum atomic E-state index is -0.143. The zero-order valence-electron chi connectivity index (χ0n) is 10.2. The van der Waals surface area contributed by atoms with Gasteiger partial charge in [-0.1, -0.05) is 37.6 Å². The number of carbonyl (C=O) groups is 1. The average Bonchev–Trinajstić information content (AvgIpc) is 2.34. The molecule has 1 rings (SSSR count). The molecule has 0 N–H and O–H groups in total. The van der Waals surface area contributed by atoms with E-state index in [9.17, 15) is 4.79 Å². The van der Waals surface area contributed by atoms with Crippen molar-refractivity contribution in [3.05, 3.63) is 35.4 Å². The molecule has 0 atom stereocenters. The third kappa shape index (κ3) is 4.47. The van der Waals surface area contributed by atoms with E-state index in [1.54, 1.807) is 0 Å². The molecule has 0 bridgehead atoms. The molecule has 16 heavy (non-hydrogen) atoms. The van der Waals surface area contributed by atoms with E-state index in [4.69, 9.17) is 0 Å². The van der Waals surface area contributed by atoms with Crippen molar-refractivity contribution in [1.29, 1.82) is 0 Å². The van der Waals surface area contributed by atoms with Crippen LogP contribution in [0.3, 0.4) is 0 Å². The van der Waals surface area contributed by atoms with Gasteiger partial charge in [0.1, 0.15) is 0 Å². The van der Waals surface area contributed by atoms with Crippen molar-refractivity contribution in [3.8, 4) is 0 Å². The lowest BCUT2D eigenvalue weighted by molar-refractivity contribution is -0.140. The van der Waals surface area contributed by atoms with Gasteiger partial charge in [0.05, 0.1) is 7.11 Å². The SMILES string of the molecule is CCCCc1ccc(CCC(=O)OC)cc1. The molecule has 1 aromatic rings. The summed E-state index contributed by atoms with van der Waals surface area (Å²) in [5, 5.41) is 0. The highest BCUT2D eigenvalue weighted by molar-refractivity contribution is 5.69. The van der Waals surface area contributed by atoms with Crippen LogP contribution in [0.15, 0.2) is 24.3 Å². The Morgan fingerprint density at radius 1 is 1.12 bits per heavy atom. The fraction of sp³-hybridized carbons (Fsp3) is 0.500. The van der Waals surface area contributed by atoms with E-state index in [0.29, 0.717) is 6.42 Å². The van der Waals surface area contributed by atoms with Crippen molar-refractivity contribution < 1.29 is 9.53 Å². The first-order valence-electron chi connectivity index (χ1n) is 5.91. The highest BCUT2D eigenvalue weighted by Gasteiger charge is 2.01. The smallest absolute Gasteiger partial charge is 0.305 e. The summed E-state index contributed by atoms with van der Waals surface area (Å²) >= 11 is 0. The van der Waals surface area contributed by atoms with Crippen LogP contribution in [0.4, 0.5) is 0 Å². The van der Waals surface area contributed by atoms with E-state index < -0.39 is 0 Å². The molecule has 0 aliphatic heterocycles. The summed E-state index contributed by atoms with van der Waals surface area (Å²) in [5.74, 6) is -0.143. The van der Waals surface area contributed by atoms with E-state index in [1.807, 2.05) is 0 Å². The quantitative estimate of drug-likeness (QED) is 0.688. The van der Waals surface area contributed by atoms with Crippen LogP contribution in [-0.2, 0) is 22.4 Å². The molecule has 0 aliphatic carbocycles. The van der Waals surface area contributed by atoms with Crippen molar-refractivity contribution >= 4 is 5.97 Å². The van der Waals surface area contributed by atoms with Crippen LogP contribution in [0, 0.1) is 0 Å². The molecule has 0 aliphatic rings. The van der Waals surface area contributed by atoms with Gasteiger partial charge in [0.15, 0.2) is 0 Å². The minimum Gasteiger partial charge on any atom is -0.469 e. The molecule has 0 heterocycles. The van der Waals surface area contributed by atoms with E-state index in [1.165, 1.54) is 31.1 Å². The van der Waals surface area contributed by atoms with E-state index in [2.05, 4.69) is 35.9 Å². The normalized spacial score (nSPS) is 10.1. The van der Waals surface area contributed by atoms with Crippen molar-refractivity contribution in [1.82, 2.24) is 0 Å². The number of rotatable bonds is 6. The van der Waals surface area contributed by atoms with Gasteiger partial charge in [0, 0.05) is 6.42 Å². The first-order valence-corrected chi connectivity index (χ1v) is 5.91. The Kier molecular flexibility index (Phi) is 5.62. The molecule has 0 aromatic heterocycles. The average molecular weight is 220 g/mol. The Hall–Kier alpha value is -1.31. The second kappa shape index (κ2) is 7.04. The Balaban J connectivity index is 2.41. The zero-order valence-corrected chi connectivity index (χ0v) is 10.2. The van der Waals surface area contributed by atoms with Gasteiger partial charge in [-0.05, 0) is 30.4 Å². The lowest BCUT2D eigenvalue weighted by atomic mass is 10.0. The molecule has 0 fully saturated rings. The first-order chi connectivity index (χ1) is 7.76. The van der Waals surface area contributed by atoms with E-state index >= 15 is 0 Å². The summed E-state index contributed by atoms with van der Waals surface area (Å²) in [5.41, 5.74) is 2.58. The molecule has 0 saturated heterocycles. The summed E-state index contributed by atoms with van der Waals surface area (Å²) in [6.45, 7) is 2.20. The van der Waals surface area contributed by atoms with Crippen molar-refractivity contribution in [2.75, 3.05) is 7.11 Å². The zero-order chi connectivity index (χ0) is 11.8. The number of aryl methyl sites for hydroxylation is 2. The number of hydrogen-bond acceptors (Lipinski definition) is 2. The standard InChI is InChI=1S/C14H20O2/c1-3-4-5-12-6-8-13(9-7-12)10-11-14(15)16-2/h6-9H,3-5,10-11H2,1-2H3. The predicted octanol–water partition coefficient (Wildman–Crippen LogP) is 3.13. The third-order valence-electron chi connectivity index (χ3n) is 2.69. The molecule has 2 nitrogen and oxygen atoms in total. The van der Waals surface area contributed by atoms with Crippen molar-refractivity contribution in [3.63, 3.8) is 0 Å². The lowest BCUT2D eigenvalue weighted by Gasteiger charge is -2.03. The Labute approximate surface area is 97.6 Å². The number of ether oxygens (including phenoxy) is 1. The summed E-state index contributed by atoms with van der Waals surface area (Å²) in [6, 6.07) is 8.52. The topological polar surface area (TPSA) is 26.3 Å².